The molecule has 0 aromatic heterocycles. The molecule has 1 aromatic rings. The summed E-state index contributed by atoms with van der Waals surface area (Å²) in [5.41, 5.74) is 3.70. The second-order valence-electron chi connectivity index (χ2n) is 9.30. The van der Waals surface area contributed by atoms with E-state index in [9.17, 15) is 9.50 Å². The van der Waals surface area contributed by atoms with Crippen LogP contribution in [0.5, 0.6) is 0 Å². The summed E-state index contributed by atoms with van der Waals surface area (Å²) in [5, 5.41) is 11.2. The van der Waals surface area contributed by atoms with Gasteiger partial charge in [0.15, 0.2) is 6.35 Å². The normalized spacial score (nSPS) is 25.0. The number of hydrogen-bond acceptors (Lipinski definition) is 5. The highest BCUT2D eigenvalue weighted by atomic mass is 19.1. The number of aliphatic hydroxyl groups excluding tert-OH is 1. The van der Waals surface area contributed by atoms with E-state index in [-0.39, 0.29) is 17.3 Å². The number of allylic oxidation sites excluding steroid dienone is 1. The van der Waals surface area contributed by atoms with E-state index in [4.69, 9.17) is 4.74 Å². The molecule has 2 atom stereocenters. The number of rotatable bonds is 5. The number of aliphatic hydroxyl groups is 1. The highest BCUT2D eigenvalue weighted by Crippen LogP contribution is 2.42. The van der Waals surface area contributed by atoms with Crippen LogP contribution in [0.4, 0.5) is 10.1 Å². The first kappa shape index (κ1) is 22.2. The lowest BCUT2D eigenvalue weighted by Gasteiger charge is -2.62. The smallest absolute Gasteiger partial charge is 0.186 e. The summed E-state index contributed by atoms with van der Waals surface area (Å²) in [6.45, 7) is 12.7. The van der Waals surface area contributed by atoms with Crippen LogP contribution < -0.4 is 4.90 Å². The SMILES string of the molecule is CC/C(F)=C\N=C(/C)N1CC2(C1)CN(C(O)N1CC(C)OCc3cc(CC)ccc31)C2. The van der Waals surface area contributed by atoms with Crippen molar-refractivity contribution in [3.05, 3.63) is 41.4 Å². The lowest BCUT2D eigenvalue weighted by molar-refractivity contribution is -0.155. The van der Waals surface area contributed by atoms with Crippen molar-refractivity contribution < 1.29 is 14.2 Å². The van der Waals surface area contributed by atoms with Gasteiger partial charge in [0, 0.05) is 49.4 Å². The van der Waals surface area contributed by atoms with Gasteiger partial charge in [-0.3, -0.25) is 4.90 Å². The van der Waals surface area contributed by atoms with Gasteiger partial charge in [0.05, 0.1) is 18.9 Å². The van der Waals surface area contributed by atoms with Gasteiger partial charge in [-0.25, -0.2) is 9.38 Å². The van der Waals surface area contributed by atoms with Gasteiger partial charge in [-0.15, -0.1) is 0 Å². The predicted octanol–water partition coefficient (Wildman–Crippen LogP) is 3.51. The molecule has 31 heavy (non-hydrogen) atoms. The van der Waals surface area contributed by atoms with Crippen molar-refractivity contribution in [2.75, 3.05) is 37.6 Å². The van der Waals surface area contributed by atoms with E-state index in [0.717, 1.165) is 49.7 Å². The summed E-state index contributed by atoms with van der Waals surface area (Å²) in [5.74, 6) is 0.655. The number of aliphatic imine (C=N–C) groups is 1. The predicted molar refractivity (Wildman–Crippen MR) is 122 cm³/mol. The van der Waals surface area contributed by atoms with E-state index in [1.165, 1.54) is 11.8 Å². The van der Waals surface area contributed by atoms with Crippen molar-refractivity contribution in [3.8, 4) is 0 Å². The van der Waals surface area contributed by atoms with Gasteiger partial charge >= 0.3 is 0 Å². The maximum atomic E-state index is 13.3. The van der Waals surface area contributed by atoms with Crippen molar-refractivity contribution in [2.45, 2.75) is 59.6 Å². The van der Waals surface area contributed by atoms with E-state index in [1.54, 1.807) is 6.92 Å². The fraction of sp³-hybridized carbons (Fsp3) is 0.625. The molecule has 1 aromatic carbocycles. The van der Waals surface area contributed by atoms with Crippen LogP contribution in [0, 0.1) is 5.41 Å². The van der Waals surface area contributed by atoms with Crippen LogP contribution in [0.1, 0.15) is 45.2 Å². The first-order chi connectivity index (χ1) is 14.8. The highest BCUT2D eigenvalue weighted by Gasteiger charge is 2.54. The van der Waals surface area contributed by atoms with E-state index in [2.05, 4.69) is 51.7 Å². The molecule has 0 amide bonds. The van der Waals surface area contributed by atoms with Gasteiger partial charge in [-0.05, 0) is 38.3 Å². The number of nitrogens with zero attached hydrogens (tertiary/aromatic N) is 4. The molecule has 170 valence electrons. The fourth-order valence-electron chi connectivity index (χ4n) is 4.84. The van der Waals surface area contributed by atoms with E-state index >= 15 is 0 Å². The Hall–Kier alpha value is -1.96. The van der Waals surface area contributed by atoms with Crippen molar-refractivity contribution in [1.82, 2.24) is 9.80 Å². The maximum Gasteiger partial charge on any atom is 0.186 e. The van der Waals surface area contributed by atoms with Gasteiger partial charge in [0.2, 0.25) is 0 Å². The Labute approximate surface area is 185 Å². The van der Waals surface area contributed by atoms with Crippen LogP contribution in [0.2, 0.25) is 0 Å². The minimum Gasteiger partial charge on any atom is -0.372 e. The van der Waals surface area contributed by atoms with Crippen LogP contribution in [0.25, 0.3) is 0 Å². The lowest BCUT2D eigenvalue weighted by atomic mass is 9.73. The molecular formula is C24H35FN4O2. The van der Waals surface area contributed by atoms with Crippen molar-refractivity contribution >= 4 is 11.5 Å². The highest BCUT2D eigenvalue weighted by molar-refractivity contribution is 5.81. The van der Waals surface area contributed by atoms with Crippen molar-refractivity contribution in [1.29, 1.82) is 0 Å². The first-order valence-electron chi connectivity index (χ1n) is 11.4. The number of ether oxygens (including phenoxy) is 1. The van der Waals surface area contributed by atoms with Crippen LogP contribution in [-0.4, -0.2) is 65.9 Å². The number of likely N-dealkylation sites (tertiary alicyclic amines) is 2. The number of amidine groups is 1. The van der Waals surface area contributed by atoms with Gasteiger partial charge in [0.25, 0.3) is 0 Å². The third-order valence-electron chi connectivity index (χ3n) is 6.76. The average Bonchev–Trinajstić information content (AvgIpc) is 2.88. The van der Waals surface area contributed by atoms with Crippen LogP contribution in [-0.2, 0) is 17.8 Å². The molecule has 4 rings (SSSR count). The molecule has 2 fully saturated rings. The summed E-state index contributed by atoms with van der Waals surface area (Å²) in [7, 11) is 0. The molecule has 1 N–H and O–H groups in total. The Morgan fingerprint density at radius 2 is 2.06 bits per heavy atom. The topological polar surface area (TPSA) is 51.5 Å². The standard InChI is InChI=1S/C24H35FN4O2/c1-5-19-7-8-22-20(9-19)12-31-17(3)11-29(22)23(30)28-15-24(16-28)13-27(14-24)18(4)26-10-21(25)6-2/h7-10,17,23,30H,5-6,11-16H2,1-4H3/b21-10+,26-18+. The molecule has 1 spiro atoms. The van der Waals surface area contributed by atoms with E-state index < -0.39 is 6.35 Å². The molecule has 0 aliphatic carbocycles. The molecule has 3 heterocycles. The minimum atomic E-state index is -0.661. The third kappa shape index (κ3) is 4.49. The van der Waals surface area contributed by atoms with E-state index in [1.807, 2.05) is 6.92 Å². The third-order valence-corrected chi connectivity index (χ3v) is 6.76. The molecule has 7 heteroatoms. The Morgan fingerprint density at radius 1 is 1.32 bits per heavy atom. The molecule has 0 radical (unpaired) electrons. The number of halogens is 1. The quantitative estimate of drug-likeness (QED) is 0.572. The van der Waals surface area contributed by atoms with Gasteiger partial charge in [-0.1, -0.05) is 26.0 Å². The monoisotopic (exact) mass is 430 g/mol. The molecule has 2 saturated heterocycles. The Morgan fingerprint density at radius 3 is 2.74 bits per heavy atom. The Kier molecular flexibility index (Phi) is 6.37. The van der Waals surface area contributed by atoms with Crippen LogP contribution >= 0.6 is 0 Å². The first-order valence-corrected chi connectivity index (χ1v) is 11.4. The summed E-state index contributed by atoms with van der Waals surface area (Å²) >= 11 is 0. The number of fused-ring (bicyclic) bond motifs is 1. The molecule has 3 aliphatic rings. The molecule has 0 saturated carbocycles. The van der Waals surface area contributed by atoms with Crippen molar-refractivity contribution in [3.63, 3.8) is 0 Å². The lowest BCUT2D eigenvalue weighted by Crippen LogP contribution is -2.75. The summed E-state index contributed by atoms with van der Waals surface area (Å²) in [6, 6.07) is 6.47. The minimum absolute atomic E-state index is 0.0528. The zero-order valence-corrected chi connectivity index (χ0v) is 19.1. The number of hydrogen-bond donors (Lipinski definition) is 1. The van der Waals surface area contributed by atoms with E-state index in [0.29, 0.717) is 19.6 Å². The Bertz CT molecular complexity index is 857. The number of benzene rings is 1. The number of anilines is 1. The number of aryl methyl sites for hydroxylation is 1. The molecule has 2 unspecified atom stereocenters. The van der Waals surface area contributed by atoms with Gasteiger partial charge in [-0.2, -0.15) is 0 Å². The van der Waals surface area contributed by atoms with Crippen molar-refractivity contribution in [2.24, 2.45) is 10.4 Å². The second-order valence-corrected chi connectivity index (χ2v) is 9.30. The van der Waals surface area contributed by atoms with Gasteiger partial charge < -0.3 is 19.6 Å². The largest absolute Gasteiger partial charge is 0.372 e. The summed E-state index contributed by atoms with van der Waals surface area (Å²) in [4.78, 5) is 10.7. The maximum absolute atomic E-state index is 13.3. The molecule has 0 bridgehead atoms. The fourth-order valence-corrected chi connectivity index (χ4v) is 4.84. The molecule has 6 nitrogen and oxygen atoms in total. The summed E-state index contributed by atoms with van der Waals surface area (Å²) < 4.78 is 19.3. The van der Waals surface area contributed by atoms with Crippen LogP contribution in [0.15, 0.2) is 35.2 Å². The molecular weight excluding hydrogens is 395 g/mol. The molecule has 3 aliphatic heterocycles. The van der Waals surface area contributed by atoms with Gasteiger partial charge in [0.1, 0.15) is 11.7 Å². The van der Waals surface area contributed by atoms with Crippen LogP contribution in [0.3, 0.4) is 0 Å². The average molecular weight is 431 g/mol. The zero-order chi connectivity index (χ0) is 22.2. The zero-order valence-electron chi connectivity index (χ0n) is 19.1. The Balaban J connectivity index is 1.38. The summed E-state index contributed by atoms with van der Waals surface area (Å²) in [6.07, 6.45) is 2.07. The second kappa shape index (κ2) is 8.88.